The van der Waals surface area contributed by atoms with Gasteiger partial charge in [-0.05, 0) is 70.6 Å². The van der Waals surface area contributed by atoms with Crippen LogP contribution < -0.4 is 5.73 Å². The smallest absolute Gasteiger partial charge is 0.462 e. The predicted octanol–water partition coefficient (Wildman–Crippen LogP) is 10.3. The molecule has 0 rings (SSSR count). The average molecular weight is 732 g/mol. The summed E-state index contributed by atoms with van der Waals surface area (Å²) in [5.74, 6) is -0.935. The Hall–Kier alpha value is -3.07. The third-order valence-electron chi connectivity index (χ3n) is 7.03. The van der Waals surface area contributed by atoms with E-state index in [1.54, 1.807) is 0 Å². The summed E-state index contributed by atoms with van der Waals surface area (Å²) in [5, 5.41) is 0. The molecule has 51 heavy (non-hydrogen) atoms. The minimum Gasteiger partial charge on any atom is -0.462 e. The van der Waals surface area contributed by atoms with Crippen molar-refractivity contribution in [1.82, 2.24) is 0 Å². The summed E-state index contributed by atoms with van der Waals surface area (Å²) in [7, 11) is -4.40. The second-order valence-corrected chi connectivity index (χ2v) is 13.2. The van der Waals surface area contributed by atoms with Crippen LogP contribution in [-0.4, -0.2) is 49.3 Å². The fourth-order valence-electron chi connectivity index (χ4n) is 4.31. The molecular formula is C41H66NO8P. The van der Waals surface area contributed by atoms with Crippen molar-refractivity contribution in [1.29, 1.82) is 0 Å². The zero-order valence-electron chi connectivity index (χ0n) is 31.3. The maximum atomic E-state index is 12.5. The summed E-state index contributed by atoms with van der Waals surface area (Å²) in [5.41, 5.74) is 5.32. The Morgan fingerprint density at radius 2 is 1.14 bits per heavy atom. The number of carbonyl (C=O) groups excluding carboxylic acids is 2. The summed E-state index contributed by atoms with van der Waals surface area (Å²) in [6.45, 7) is 3.35. The van der Waals surface area contributed by atoms with Gasteiger partial charge in [0.2, 0.25) is 0 Å². The van der Waals surface area contributed by atoms with E-state index in [0.717, 1.165) is 77.0 Å². The molecule has 0 radical (unpaired) electrons. The van der Waals surface area contributed by atoms with Gasteiger partial charge in [0.15, 0.2) is 6.10 Å². The van der Waals surface area contributed by atoms with Gasteiger partial charge in [-0.3, -0.25) is 18.6 Å². The summed E-state index contributed by atoms with van der Waals surface area (Å²) in [4.78, 5) is 34.7. The molecule has 0 aromatic carbocycles. The topological polar surface area (TPSA) is 134 Å². The van der Waals surface area contributed by atoms with Gasteiger partial charge in [-0.1, -0.05) is 130 Å². The molecule has 0 aromatic heterocycles. The van der Waals surface area contributed by atoms with Gasteiger partial charge in [0.05, 0.1) is 13.2 Å². The third kappa shape index (κ3) is 36.5. The van der Waals surface area contributed by atoms with Crippen molar-refractivity contribution in [3.05, 3.63) is 97.2 Å². The predicted molar refractivity (Wildman–Crippen MR) is 210 cm³/mol. The first kappa shape index (κ1) is 47.9. The van der Waals surface area contributed by atoms with Crippen LogP contribution >= 0.6 is 7.82 Å². The standard InChI is InChI=1S/C41H66NO8P/c1-3-5-7-9-11-13-15-17-18-19-20-22-23-25-27-29-31-33-40(43)47-37-39(38-49-51(45,46)48-36-35-42)50-41(44)34-32-30-28-26-24-21-16-14-12-10-8-6-4-2/h5-8,10-14,16-18,20,22,25,27,39H,3-4,9,15,19,21,23-24,26,28-38,42H2,1-2H3,(H,45,46)/b7-5+,8-6+,12-10+,13-11+,16-14+,18-17+,22-20+,27-25+. The number of allylic oxidation sites excluding steroid dienone is 16. The van der Waals surface area contributed by atoms with E-state index in [9.17, 15) is 19.0 Å². The van der Waals surface area contributed by atoms with Crippen LogP contribution in [0.3, 0.4) is 0 Å². The lowest BCUT2D eigenvalue weighted by Gasteiger charge is -2.19. The van der Waals surface area contributed by atoms with Crippen LogP contribution in [0.1, 0.15) is 117 Å². The number of esters is 2. The summed E-state index contributed by atoms with van der Waals surface area (Å²) in [6, 6.07) is 0. The number of nitrogens with two attached hydrogens (primary N) is 1. The molecule has 3 N–H and O–H groups in total. The second-order valence-electron chi connectivity index (χ2n) is 11.7. The van der Waals surface area contributed by atoms with E-state index >= 15 is 0 Å². The molecule has 2 unspecified atom stereocenters. The number of rotatable bonds is 33. The van der Waals surface area contributed by atoms with Gasteiger partial charge in [-0.25, -0.2) is 4.57 Å². The minimum absolute atomic E-state index is 0.0363. The minimum atomic E-state index is -4.40. The highest BCUT2D eigenvalue weighted by atomic mass is 31.2. The lowest BCUT2D eigenvalue weighted by molar-refractivity contribution is -0.161. The Kier molecular flexibility index (Phi) is 34.5. The van der Waals surface area contributed by atoms with E-state index in [0.29, 0.717) is 12.8 Å². The molecule has 0 aliphatic heterocycles. The summed E-state index contributed by atoms with van der Waals surface area (Å²) >= 11 is 0. The Bertz CT molecular complexity index is 1150. The van der Waals surface area contributed by atoms with Crippen LogP contribution in [0.4, 0.5) is 0 Å². The molecule has 0 aromatic rings. The van der Waals surface area contributed by atoms with Crippen molar-refractivity contribution < 1.29 is 37.6 Å². The van der Waals surface area contributed by atoms with E-state index < -0.39 is 32.5 Å². The lowest BCUT2D eigenvalue weighted by Crippen LogP contribution is -2.29. The summed E-state index contributed by atoms with van der Waals surface area (Å²) < 4.78 is 32.6. The van der Waals surface area contributed by atoms with Crippen LogP contribution in [0, 0.1) is 0 Å². The number of hydrogen-bond donors (Lipinski definition) is 2. The monoisotopic (exact) mass is 731 g/mol. The second kappa shape index (κ2) is 36.7. The molecule has 0 heterocycles. The molecule has 288 valence electrons. The third-order valence-corrected chi connectivity index (χ3v) is 8.01. The fraction of sp³-hybridized carbons (Fsp3) is 0.561. The van der Waals surface area contributed by atoms with Gasteiger partial charge >= 0.3 is 19.8 Å². The van der Waals surface area contributed by atoms with E-state index in [1.165, 1.54) is 0 Å². The zero-order chi connectivity index (χ0) is 37.5. The first-order valence-electron chi connectivity index (χ1n) is 18.7. The van der Waals surface area contributed by atoms with Gasteiger partial charge in [0, 0.05) is 19.4 Å². The lowest BCUT2D eigenvalue weighted by atomic mass is 10.1. The average Bonchev–Trinajstić information content (AvgIpc) is 3.11. The molecule has 0 bridgehead atoms. The largest absolute Gasteiger partial charge is 0.472 e. The number of ether oxygens (including phenoxy) is 2. The van der Waals surface area contributed by atoms with Crippen molar-refractivity contribution in [3.8, 4) is 0 Å². The molecular weight excluding hydrogens is 665 g/mol. The first-order chi connectivity index (χ1) is 24.8. The van der Waals surface area contributed by atoms with Crippen molar-refractivity contribution in [2.45, 2.75) is 123 Å². The Morgan fingerprint density at radius 1 is 0.608 bits per heavy atom. The first-order valence-corrected chi connectivity index (χ1v) is 20.2. The molecule has 0 amide bonds. The molecule has 0 saturated carbocycles. The number of unbranched alkanes of at least 4 members (excludes halogenated alkanes) is 6. The van der Waals surface area contributed by atoms with E-state index in [4.69, 9.17) is 24.3 Å². The molecule has 2 atom stereocenters. The van der Waals surface area contributed by atoms with Gasteiger partial charge < -0.3 is 20.1 Å². The van der Waals surface area contributed by atoms with E-state index in [-0.39, 0.29) is 32.6 Å². The number of hydrogen-bond acceptors (Lipinski definition) is 8. The molecule has 0 saturated heterocycles. The number of phosphoric acid groups is 1. The van der Waals surface area contributed by atoms with Crippen molar-refractivity contribution in [2.75, 3.05) is 26.4 Å². The van der Waals surface area contributed by atoms with Crippen molar-refractivity contribution in [3.63, 3.8) is 0 Å². The van der Waals surface area contributed by atoms with Gasteiger partial charge in [-0.2, -0.15) is 0 Å². The van der Waals surface area contributed by atoms with Gasteiger partial charge in [-0.15, -0.1) is 0 Å². The van der Waals surface area contributed by atoms with Crippen LogP contribution in [-0.2, 0) is 32.7 Å². The number of carbonyl (C=O) groups is 2. The maximum Gasteiger partial charge on any atom is 0.472 e. The molecule has 10 heteroatoms. The molecule has 0 aliphatic rings. The van der Waals surface area contributed by atoms with Crippen LogP contribution in [0.25, 0.3) is 0 Å². The van der Waals surface area contributed by atoms with Crippen molar-refractivity contribution in [2.24, 2.45) is 5.73 Å². The molecule has 0 fully saturated rings. The quantitative estimate of drug-likeness (QED) is 0.0222. The molecule has 0 aliphatic carbocycles. The van der Waals surface area contributed by atoms with Crippen LogP contribution in [0.2, 0.25) is 0 Å². The Labute approximate surface area is 308 Å². The normalized spacial score (nSPS) is 14.5. The Balaban J connectivity index is 4.39. The van der Waals surface area contributed by atoms with Crippen molar-refractivity contribution >= 4 is 19.8 Å². The van der Waals surface area contributed by atoms with Crippen LogP contribution in [0.15, 0.2) is 97.2 Å². The number of phosphoric ester groups is 1. The fourth-order valence-corrected chi connectivity index (χ4v) is 5.08. The van der Waals surface area contributed by atoms with Gasteiger partial charge in [0.1, 0.15) is 6.61 Å². The SMILES string of the molecule is CC/C=C/C=C/C=C/CCCCCCCC(=O)OC(COC(=O)CCC/C=C/C/C=C/C/C=C/C/C=C/C/C=C/CC)COP(=O)(O)OCCN. The Morgan fingerprint density at radius 3 is 1.76 bits per heavy atom. The maximum absolute atomic E-state index is 12.5. The molecule has 0 spiro atoms. The van der Waals surface area contributed by atoms with E-state index in [2.05, 4.69) is 86.8 Å². The highest BCUT2D eigenvalue weighted by molar-refractivity contribution is 7.47. The van der Waals surface area contributed by atoms with E-state index in [1.807, 2.05) is 24.3 Å². The van der Waals surface area contributed by atoms with Gasteiger partial charge in [0.25, 0.3) is 0 Å². The highest BCUT2D eigenvalue weighted by Crippen LogP contribution is 2.43. The highest BCUT2D eigenvalue weighted by Gasteiger charge is 2.25. The molecule has 9 nitrogen and oxygen atoms in total. The van der Waals surface area contributed by atoms with Crippen LogP contribution in [0.5, 0.6) is 0 Å². The summed E-state index contributed by atoms with van der Waals surface area (Å²) in [6.07, 6.45) is 45.9. The zero-order valence-corrected chi connectivity index (χ0v) is 32.2.